The Balaban J connectivity index is 1.40. The van der Waals surface area contributed by atoms with E-state index in [1.54, 1.807) is 5.56 Å². The third-order valence-electron chi connectivity index (χ3n) is 8.73. The van der Waals surface area contributed by atoms with E-state index in [-0.39, 0.29) is 0 Å². The van der Waals surface area contributed by atoms with Crippen LogP contribution in [0, 0.1) is 5.41 Å². The summed E-state index contributed by atoms with van der Waals surface area (Å²) in [6, 6.07) is 22.1. The van der Waals surface area contributed by atoms with Gasteiger partial charge >= 0.3 is 0 Å². The predicted octanol–water partition coefficient (Wildman–Crippen LogP) is 5.76. The summed E-state index contributed by atoms with van der Waals surface area (Å²) in [7, 11) is 0. The summed E-state index contributed by atoms with van der Waals surface area (Å²) < 4.78 is 0. The van der Waals surface area contributed by atoms with Crippen molar-refractivity contribution in [2.75, 3.05) is 32.7 Å². The molecule has 2 atom stereocenters. The number of rotatable bonds is 5. The summed E-state index contributed by atoms with van der Waals surface area (Å²) in [5.74, 6) is 0.562. The zero-order valence-electron chi connectivity index (χ0n) is 20.3. The summed E-state index contributed by atoms with van der Waals surface area (Å²) >= 11 is 0. The molecule has 1 aliphatic carbocycles. The molecule has 5 rings (SSSR count). The molecule has 2 aromatic carbocycles. The molecule has 2 unspecified atom stereocenters. The van der Waals surface area contributed by atoms with Crippen molar-refractivity contribution in [3.63, 3.8) is 0 Å². The van der Waals surface area contributed by atoms with Crippen molar-refractivity contribution in [3.8, 4) is 0 Å². The monoisotopic (exact) mass is 431 g/mol. The second-order valence-corrected chi connectivity index (χ2v) is 10.9. The van der Waals surface area contributed by atoms with Crippen molar-refractivity contribution in [2.45, 2.75) is 70.5 Å². The fourth-order valence-corrected chi connectivity index (χ4v) is 6.71. The van der Waals surface area contributed by atoms with Crippen LogP contribution in [-0.4, -0.2) is 48.6 Å². The first-order valence-electron chi connectivity index (χ1n) is 12.9. The first-order chi connectivity index (χ1) is 15.6. The number of piperazine rings is 1. The van der Waals surface area contributed by atoms with Crippen LogP contribution in [-0.2, 0) is 0 Å². The SMILES string of the molecule is CC(C)c1ccccc1C1CN(C(C)c2ccccc2)CCN1C1CC2(CCNCC2)C1. The highest BCUT2D eigenvalue weighted by molar-refractivity contribution is 5.34. The van der Waals surface area contributed by atoms with Crippen molar-refractivity contribution >= 4 is 0 Å². The predicted molar refractivity (Wildman–Crippen MR) is 134 cm³/mol. The summed E-state index contributed by atoms with van der Waals surface area (Å²) in [6.07, 6.45) is 5.57. The Morgan fingerprint density at radius 3 is 2.28 bits per heavy atom. The first-order valence-corrected chi connectivity index (χ1v) is 12.9. The van der Waals surface area contributed by atoms with E-state index in [1.165, 1.54) is 63.0 Å². The molecule has 3 heteroatoms. The van der Waals surface area contributed by atoms with Gasteiger partial charge in [0.15, 0.2) is 0 Å². The molecule has 32 heavy (non-hydrogen) atoms. The molecule has 1 spiro atoms. The Kier molecular flexibility index (Phi) is 6.42. The van der Waals surface area contributed by atoms with E-state index >= 15 is 0 Å². The molecule has 3 fully saturated rings. The van der Waals surface area contributed by atoms with E-state index in [2.05, 4.69) is 90.5 Å². The lowest BCUT2D eigenvalue weighted by molar-refractivity contribution is -0.0689. The van der Waals surface area contributed by atoms with Gasteiger partial charge in [0.05, 0.1) is 0 Å². The second-order valence-electron chi connectivity index (χ2n) is 10.9. The van der Waals surface area contributed by atoms with E-state index in [0.717, 1.165) is 12.6 Å². The highest BCUT2D eigenvalue weighted by Gasteiger charge is 2.49. The van der Waals surface area contributed by atoms with Crippen molar-refractivity contribution < 1.29 is 0 Å². The minimum absolute atomic E-state index is 0.462. The lowest BCUT2D eigenvalue weighted by Crippen LogP contribution is -2.59. The van der Waals surface area contributed by atoms with Crippen LogP contribution >= 0.6 is 0 Å². The third-order valence-corrected chi connectivity index (χ3v) is 8.73. The van der Waals surface area contributed by atoms with Gasteiger partial charge in [-0.15, -0.1) is 0 Å². The van der Waals surface area contributed by atoms with Crippen LogP contribution in [0.4, 0.5) is 0 Å². The van der Waals surface area contributed by atoms with Crippen LogP contribution < -0.4 is 5.32 Å². The van der Waals surface area contributed by atoms with E-state index in [1.807, 2.05) is 0 Å². The Hall–Kier alpha value is -1.68. The zero-order valence-corrected chi connectivity index (χ0v) is 20.3. The molecular weight excluding hydrogens is 390 g/mol. The fourth-order valence-electron chi connectivity index (χ4n) is 6.71. The smallest absolute Gasteiger partial charge is 0.0481 e. The molecule has 2 saturated heterocycles. The van der Waals surface area contributed by atoms with E-state index in [0.29, 0.717) is 23.4 Å². The number of piperidine rings is 1. The average Bonchev–Trinajstić information content (AvgIpc) is 2.82. The second kappa shape index (κ2) is 9.29. The summed E-state index contributed by atoms with van der Waals surface area (Å²) in [5, 5.41) is 3.57. The molecule has 3 nitrogen and oxygen atoms in total. The molecule has 0 radical (unpaired) electrons. The molecular formula is C29H41N3. The lowest BCUT2D eigenvalue weighted by atomic mass is 9.60. The van der Waals surface area contributed by atoms with Crippen molar-refractivity contribution in [2.24, 2.45) is 5.41 Å². The first kappa shape index (κ1) is 22.1. The summed E-state index contributed by atoms with van der Waals surface area (Å²) in [6.45, 7) is 13.0. The molecule has 2 aliphatic heterocycles. The third kappa shape index (κ3) is 4.27. The van der Waals surface area contributed by atoms with Crippen LogP contribution in [0.15, 0.2) is 54.6 Å². The molecule has 2 heterocycles. The number of nitrogens with zero attached hydrogens (tertiary/aromatic N) is 2. The van der Waals surface area contributed by atoms with Gasteiger partial charge in [-0.1, -0.05) is 68.4 Å². The van der Waals surface area contributed by atoms with Crippen LogP contribution in [0.2, 0.25) is 0 Å². The average molecular weight is 432 g/mol. The van der Waals surface area contributed by atoms with Gasteiger partial charge in [-0.3, -0.25) is 9.80 Å². The largest absolute Gasteiger partial charge is 0.317 e. The number of hydrogen-bond donors (Lipinski definition) is 1. The van der Waals surface area contributed by atoms with Crippen molar-refractivity contribution in [1.82, 2.24) is 15.1 Å². The Morgan fingerprint density at radius 2 is 1.56 bits per heavy atom. The van der Waals surface area contributed by atoms with Crippen LogP contribution in [0.3, 0.4) is 0 Å². The van der Waals surface area contributed by atoms with E-state index < -0.39 is 0 Å². The van der Waals surface area contributed by atoms with Gasteiger partial charge in [-0.25, -0.2) is 0 Å². The topological polar surface area (TPSA) is 18.5 Å². The van der Waals surface area contributed by atoms with Crippen molar-refractivity contribution in [1.29, 1.82) is 0 Å². The van der Waals surface area contributed by atoms with Gasteiger partial charge in [0.2, 0.25) is 0 Å². The maximum absolute atomic E-state index is 3.57. The van der Waals surface area contributed by atoms with Gasteiger partial charge in [-0.05, 0) is 73.7 Å². The minimum Gasteiger partial charge on any atom is -0.317 e. The number of nitrogens with one attached hydrogen (secondary N) is 1. The number of hydrogen-bond acceptors (Lipinski definition) is 3. The van der Waals surface area contributed by atoms with Gasteiger partial charge in [0.25, 0.3) is 0 Å². The highest BCUT2D eigenvalue weighted by Crippen LogP contribution is 2.52. The van der Waals surface area contributed by atoms with Gasteiger partial charge < -0.3 is 5.32 Å². The minimum atomic E-state index is 0.462. The van der Waals surface area contributed by atoms with Gasteiger partial charge in [-0.2, -0.15) is 0 Å². The van der Waals surface area contributed by atoms with E-state index in [4.69, 9.17) is 0 Å². The molecule has 1 N–H and O–H groups in total. The quantitative estimate of drug-likeness (QED) is 0.649. The summed E-state index contributed by atoms with van der Waals surface area (Å²) in [5.41, 5.74) is 5.17. The number of benzene rings is 2. The molecule has 0 amide bonds. The normalized spacial score (nSPS) is 25.7. The van der Waals surface area contributed by atoms with Crippen LogP contribution in [0.5, 0.6) is 0 Å². The lowest BCUT2D eigenvalue weighted by Gasteiger charge is -2.58. The molecule has 3 aliphatic rings. The maximum atomic E-state index is 3.57. The van der Waals surface area contributed by atoms with Crippen LogP contribution in [0.1, 0.15) is 81.1 Å². The molecule has 2 aromatic rings. The molecule has 0 aromatic heterocycles. The fraction of sp³-hybridized carbons (Fsp3) is 0.586. The zero-order chi connectivity index (χ0) is 22.1. The van der Waals surface area contributed by atoms with Gasteiger partial charge in [0, 0.05) is 37.8 Å². The molecule has 172 valence electrons. The van der Waals surface area contributed by atoms with Crippen LogP contribution in [0.25, 0.3) is 0 Å². The Bertz CT molecular complexity index is 878. The molecule has 1 saturated carbocycles. The van der Waals surface area contributed by atoms with E-state index in [9.17, 15) is 0 Å². The summed E-state index contributed by atoms with van der Waals surface area (Å²) in [4.78, 5) is 5.63. The Labute approximate surface area is 195 Å². The standard InChI is InChI=1S/C29H41N3/c1-22(2)26-11-7-8-12-27(26)28-21-31(23(3)24-9-5-4-6-10-24)17-18-32(28)25-19-29(20-25)13-15-30-16-14-29/h4-12,22-23,25,28,30H,13-21H2,1-3H3. The highest BCUT2D eigenvalue weighted by atomic mass is 15.3. The van der Waals surface area contributed by atoms with Crippen molar-refractivity contribution in [3.05, 3.63) is 71.3 Å². The molecule has 0 bridgehead atoms. The Morgan fingerprint density at radius 1 is 0.875 bits per heavy atom. The van der Waals surface area contributed by atoms with Gasteiger partial charge in [0.1, 0.15) is 0 Å². The maximum Gasteiger partial charge on any atom is 0.0481 e.